The minimum absolute atomic E-state index is 0.0633. The van der Waals surface area contributed by atoms with Crippen molar-refractivity contribution in [2.75, 3.05) is 13.2 Å². The summed E-state index contributed by atoms with van der Waals surface area (Å²) in [5.41, 5.74) is 0. The molecule has 0 aliphatic carbocycles. The Kier molecular flexibility index (Phi) is 46.6. The van der Waals surface area contributed by atoms with E-state index in [0.29, 0.717) is 19.3 Å². The Morgan fingerprint density at radius 3 is 0.803 bits per heavy atom. The first-order chi connectivity index (χ1) is 29.7. The summed E-state index contributed by atoms with van der Waals surface area (Å²) in [5.74, 6) is 0.816. The van der Waals surface area contributed by atoms with Crippen molar-refractivity contribution >= 4 is 17.9 Å². The van der Waals surface area contributed by atoms with Gasteiger partial charge in [0.15, 0.2) is 6.10 Å². The maximum atomic E-state index is 12.8. The molecular weight excluding hydrogens is 757 g/mol. The molecule has 0 unspecified atom stereocenters. The highest BCUT2D eigenvalue weighted by molar-refractivity contribution is 5.71. The van der Waals surface area contributed by atoms with E-state index in [2.05, 4.69) is 34.6 Å². The van der Waals surface area contributed by atoms with E-state index < -0.39 is 6.10 Å². The summed E-state index contributed by atoms with van der Waals surface area (Å²) in [6.07, 6.45) is 49.5. The number of hydrogen-bond acceptors (Lipinski definition) is 6. The van der Waals surface area contributed by atoms with Gasteiger partial charge in [-0.15, -0.1) is 0 Å². The molecule has 0 aromatic rings. The second-order valence-electron chi connectivity index (χ2n) is 19.8. The normalized spacial score (nSPS) is 12.0. The third kappa shape index (κ3) is 49.3. The summed E-state index contributed by atoms with van der Waals surface area (Å²) in [6.45, 7) is 11.4. The highest BCUT2D eigenvalue weighted by Crippen LogP contribution is 2.18. The van der Waals surface area contributed by atoms with Crippen LogP contribution in [0.25, 0.3) is 0 Å². The molecule has 0 spiro atoms. The van der Waals surface area contributed by atoms with Crippen molar-refractivity contribution in [2.45, 2.75) is 310 Å². The maximum absolute atomic E-state index is 12.8. The number of ether oxygens (including phenoxy) is 3. The van der Waals surface area contributed by atoms with Crippen LogP contribution < -0.4 is 0 Å². The number of rotatable bonds is 49. The van der Waals surface area contributed by atoms with Crippen LogP contribution in [0.4, 0.5) is 0 Å². The fraction of sp³-hybridized carbons (Fsp3) is 0.945. The number of hydrogen-bond donors (Lipinski definition) is 0. The summed E-state index contributed by atoms with van der Waals surface area (Å²) in [7, 11) is 0. The Morgan fingerprint density at radius 2 is 0.541 bits per heavy atom. The molecule has 0 saturated carbocycles. The van der Waals surface area contributed by atoms with Gasteiger partial charge in [-0.25, -0.2) is 0 Å². The van der Waals surface area contributed by atoms with Crippen molar-refractivity contribution in [1.82, 2.24) is 0 Å². The molecule has 0 saturated heterocycles. The highest BCUT2D eigenvalue weighted by Gasteiger charge is 2.19. The van der Waals surface area contributed by atoms with E-state index in [1.54, 1.807) is 0 Å². The van der Waals surface area contributed by atoms with Crippen LogP contribution in [0.3, 0.4) is 0 Å². The maximum Gasteiger partial charge on any atom is 0.306 e. The molecule has 61 heavy (non-hydrogen) atoms. The predicted octanol–water partition coefficient (Wildman–Crippen LogP) is 17.7. The lowest BCUT2D eigenvalue weighted by Crippen LogP contribution is -2.30. The first-order valence-corrected chi connectivity index (χ1v) is 27.2. The fourth-order valence-electron chi connectivity index (χ4n) is 8.34. The van der Waals surface area contributed by atoms with E-state index in [1.165, 1.54) is 193 Å². The van der Waals surface area contributed by atoms with Crippen LogP contribution in [0.1, 0.15) is 304 Å². The summed E-state index contributed by atoms with van der Waals surface area (Å²) in [4.78, 5) is 38.0. The topological polar surface area (TPSA) is 78.9 Å². The second kappa shape index (κ2) is 47.9. The van der Waals surface area contributed by atoms with Crippen LogP contribution >= 0.6 is 0 Å². The molecule has 0 rings (SSSR count). The number of carbonyl (C=O) groups excluding carboxylic acids is 3. The molecule has 6 nitrogen and oxygen atoms in total. The van der Waals surface area contributed by atoms with Gasteiger partial charge in [0, 0.05) is 19.3 Å². The Labute approximate surface area is 380 Å². The minimum atomic E-state index is -0.761. The standard InChI is InChI=1S/C55H106O6/c1-6-7-8-9-10-11-12-20-26-32-37-42-47-55(58)61-52(49-60-54(57)46-41-36-31-27-22-24-29-34-39-44-51(4)5)48-59-53(56)45-40-35-30-25-21-18-16-14-13-15-17-19-23-28-33-38-43-50(2)3/h50-52H,6-49H2,1-5H3/t52-/m1/s1. The lowest BCUT2D eigenvalue weighted by Gasteiger charge is -2.18. The van der Waals surface area contributed by atoms with Crippen LogP contribution in [-0.2, 0) is 28.6 Å². The highest BCUT2D eigenvalue weighted by atomic mass is 16.6. The molecule has 0 aliphatic heterocycles. The van der Waals surface area contributed by atoms with Crippen LogP contribution in [0.2, 0.25) is 0 Å². The number of carbonyl (C=O) groups is 3. The molecule has 1 atom stereocenters. The molecule has 0 heterocycles. The summed E-state index contributed by atoms with van der Waals surface area (Å²) in [6, 6.07) is 0. The van der Waals surface area contributed by atoms with Gasteiger partial charge in [-0.2, -0.15) is 0 Å². The third-order valence-corrected chi connectivity index (χ3v) is 12.5. The van der Waals surface area contributed by atoms with E-state index >= 15 is 0 Å². The average molecular weight is 863 g/mol. The molecule has 362 valence electrons. The van der Waals surface area contributed by atoms with Crippen molar-refractivity contribution in [3.8, 4) is 0 Å². The lowest BCUT2D eigenvalue weighted by atomic mass is 10.0. The molecule has 0 N–H and O–H groups in total. The molecule has 0 aliphatic rings. The third-order valence-electron chi connectivity index (χ3n) is 12.5. The molecule has 0 aromatic carbocycles. The van der Waals surface area contributed by atoms with Gasteiger partial charge in [0.1, 0.15) is 13.2 Å². The van der Waals surface area contributed by atoms with Crippen LogP contribution in [0.15, 0.2) is 0 Å². The van der Waals surface area contributed by atoms with Crippen LogP contribution in [0, 0.1) is 11.8 Å². The molecule has 0 aromatic heterocycles. The molecule has 0 bridgehead atoms. The van der Waals surface area contributed by atoms with Crippen LogP contribution in [-0.4, -0.2) is 37.2 Å². The predicted molar refractivity (Wildman–Crippen MR) is 261 cm³/mol. The van der Waals surface area contributed by atoms with Crippen molar-refractivity contribution in [3.63, 3.8) is 0 Å². The Bertz CT molecular complexity index is 931. The summed E-state index contributed by atoms with van der Waals surface area (Å²) < 4.78 is 16.8. The number of unbranched alkanes of at least 4 members (excludes halogenated alkanes) is 34. The van der Waals surface area contributed by atoms with E-state index in [4.69, 9.17) is 14.2 Å². The van der Waals surface area contributed by atoms with Crippen molar-refractivity contribution in [2.24, 2.45) is 11.8 Å². The monoisotopic (exact) mass is 863 g/mol. The quantitative estimate of drug-likeness (QED) is 0.0344. The molecule has 0 amide bonds. The molecule has 0 radical (unpaired) electrons. The average Bonchev–Trinajstić information content (AvgIpc) is 3.23. The molecular formula is C55H106O6. The number of esters is 3. The van der Waals surface area contributed by atoms with Gasteiger partial charge in [0.05, 0.1) is 0 Å². The minimum Gasteiger partial charge on any atom is -0.462 e. The van der Waals surface area contributed by atoms with E-state index in [1.807, 2.05) is 0 Å². The first-order valence-electron chi connectivity index (χ1n) is 27.2. The summed E-state index contributed by atoms with van der Waals surface area (Å²) >= 11 is 0. The smallest absolute Gasteiger partial charge is 0.306 e. The first kappa shape index (κ1) is 59.4. The van der Waals surface area contributed by atoms with Gasteiger partial charge < -0.3 is 14.2 Å². The largest absolute Gasteiger partial charge is 0.462 e. The van der Waals surface area contributed by atoms with Crippen molar-refractivity contribution in [3.05, 3.63) is 0 Å². The van der Waals surface area contributed by atoms with Gasteiger partial charge in [0.25, 0.3) is 0 Å². The van der Waals surface area contributed by atoms with E-state index in [-0.39, 0.29) is 31.1 Å². The van der Waals surface area contributed by atoms with Gasteiger partial charge in [0.2, 0.25) is 0 Å². The Morgan fingerprint density at radius 1 is 0.311 bits per heavy atom. The summed E-state index contributed by atoms with van der Waals surface area (Å²) in [5, 5.41) is 0. The van der Waals surface area contributed by atoms with Gasteiger partial charge in [-0.3, -0.25) is 14.4 Å². The van der Waals surface area contributed by atoms with Gasteiger partial charge in [-0.05, 0) is 31.1 Å². The van der Waals surface area contributed by atoms with E-state index in [0.717, 1.165) is 69.6 Å². The second-order valence-corrected chi connectivity index (χ2v) is 19.8. The van der Waals surface area contributed by atoms with Crippen LogP contribution in [0.5, 0.6) is 0 Å². The van der Waals surface area contributed by atoms with Gasteiger partial charge >= 0.3 is 17.9 Å². The molecule has 0 fully saturated rings. The fourth-order valence-corrected chi connectivity index (χ4v) is 8.34. The zero-order valence-electron chi connectivity index (χ0n) is 41.8. The van der Waals surface area contributed by atoms with Crippen molar-refractivity contribution < 1.29 is 28.6 Å². The zero-order valence-corrected chi connectivity index (χ0v) is 41.8. The van der Waals surface area contributed by atoms with Crippen molar-refractivity contribution in [1.29, 1.82) is 0 Å². The molecule has 6 heteroatoms. The lowest BCUT2D eigenvalue weighted by molar-refractivity contribution is -0.167. The zero-order chi connectivity index (χ0) is 44.7. The van der Waals surface area contributed by atoms with Gasteiger partial charge in [-0.1, -0.05) is 266 Å². The Balaban J connectivity index is 4.25. The van der Waals surface area contributed by atoms with E-state index in [9.17, 15) is 14.4 Å². The Hall–Kier alpha value is -1.59. The SMILES string of the molecule is CCCCCCCCCCCCCCC(=O)O[C@H](COC(=O)CCCCCCCCCCCCCCCCCCC(C)C)COC(=O)CCCCCCCCCCCC(C)C.